The van der Waals surface area contributed by atoms with Crippen molar-refractivity contribution in [2.75, 3.05) is 30.0 Å². The average molecular weight is 361 g/mol. The van der Waals surface area contributed by atoms with Gasteiger partial charge in [0.1, 0.15) is 23.9 Å². The standard InChI is InChI=1S/C18H20FN3O4/c1-11-10-26-17-15(22(11)18(24)25)9-13(16(21-17)20-6-7-23)8-12-2-4-14(19)5-3-12/h2-5,9,11,23H,6-8,10H2,1H3,(H,20,21)(H,24,25)/t11-/m0/s1. The summed E-state index contributed by atoms with van der Waals surface area (Å²) in [5, 5.41) is 21.6. The molecule has 2 heterocycles. The third-order valence-electron chi connectivity index (χ3n) is 4.13. The van der Waals surface area contributed by atoms with E-state index in [1.807, 2.05) is 0 Å². The number of ether oxygens (including phenoxy) is 1. The van der Waals surface area contributed by atoms with Crippen LogP contribution in [0.2, 0.25) is 0 Å². The summed E-state index contributed by atoms with van der Waals surface area (Å²) >= 11 is 0. The molecular formula is C18H20FN3O4. The zero-order chi connectivity index (χ0) is 18.7. The van der Waals surface area contributed by atoms with Gasteiger partial charge in [-0.05, 0) is 30.7 Å². The molecular weight excluding hydrogens is 341 g/mol. The highest BCUT2D eigenvalue weighted by Gasteiger charge is 2.31. The number of pyridine rings is 1. The number of hydrogen-bond acceptors (Lipinski definition) is 5. The Morgan fingerprint density at radius 3 is 2.81 bits per heavy atom. The van der Waals surface area contributed by atoms with Crippen LogP contribution in [-0.4, -0.2) is 47.1 Å². The number of benzene rings is 1. The van der Waals surface area contributed by atoms with Gasteiger partial charge in [-0.15, -0.1) is 0 Å². The van der Waals surface area contributed by atoms with Gasteiger partial charge in [-0.1, -0.05) is 12.1 Å². The largest absolute Gasteiger partial charge is 0.474 e. The molecule has 0 saturated heterocycles. The van der Waals surface area contributed by atoms with Gasteiger partial charge in [0.2, 0.25) is 5.88 Å². The van der Waals surface area contributed by atoms with E-state index in [9.17, 15) is 14.3 Å². The molecule has 0 fully saturated rings. The van der Waals surface area contributed by atoms with Gasteiger partial charge >= 0.3 is 6.09 Å². The van der Waals surface area contributed by atoms with Gasteiger partial charge in [0, 0.05) is 18.5 Å². The number of carboxylic acid groups (broad SMARTS) is 1. The van der Waals surface area contributed by atoms with Crippen LogP contribution < -0.4 is 15.0 Å². The van der Waals surface area contributed by atoms with Gasteiger partial charge in [-0.2, -0.15) is 4.98 Å². The summed E-state index contributed by atoms with van der Waals surface area (Å²) in [4.78, 5) is 17.3. The minimum atomic E-state index is -1.08. The molecule has 0 radical (unpaired) electrons. The Morgan fingerprint density at radius 1 is 1.42 bits per heavy atom. The zero-order valence-electron chi connectivity index (χ0n) is 14.3. The number of rotatable bonds is 5. The van der Waals surface area contributed by atoms with E-state index in [1.165, 1.54) is 17.0 Å². The number of hydrogen-bond donors (Lipinski definition) is 3. The molecule has 0 bridgehead atoms. The van der Waals surface area contributed by atoms with Crippen molar-refractivity contribution in [2.45, 2.75) is 19.4 Å². The Kier molecular flexibility index (Phi) is 5.22. The van der Waals surface area contributed by atoms with Gasteiger partial charge in [0.05, 0.1) is 12.6 Å². The van der Waals surface area contributed by atoms with E-state index < -0.39 is 6.09 Å². The van der Waals surface area contributed by atoms with Crippen LogP contribution in [0.4, 0.5) is 20.7 Å². The van der Waals surface area contributed by atoms with Crippen molar-refractivity contribution >= 4 is 17.6 Å². The van der Waals surface area contributed by atoms with Crippen LogP contribution in [0.3, 0.4) is 0 Å². The SMILES string of the molecule is C[C@H]1COc2nc(NCCO)c(Cc3ccc(F)cc3)cc2N1C(=O)O. The van der Waals surface area contributed by atoms with Crippen molar-refractivity contribution < 1.29 is 24.1 Å². The Bertz CT molecular complexity index is 798. The fraction of sp³-hybridized carbons (Fsp3) is 0.333. The predicted molar refractivity (Wildman–Crippen MR) is 94.5 cm³/mol. The molecule has 1 aromatic heterocycles. The second kappa shape index (κ2) is 7.57. The number of nitrogens with zero attached hydrogens (tertiary/aromatic N) is 2. The van der Waals surface area contributed by atoms with Gasteiger partial charge in [-0.25, -0.2) is 9.18 Å². The number of aromatic nitrogens is 1. The quantitative estimate of drug-likeness (QED) is 0.757. The summed E-state index contributed by atoms with van der Waals surface area (Å²) < 4.78 is 18.7. The van der Waals surface area contributed by atoms with Crippen molar-refractivity contribution in [3.8, 4) is 5.88 Å². The maximum Gasteiger partial charge on any atom is 0.412 e. The van der Waals surface area contributed by atoms with E-state index in [0.717, 1.165) is 11.1 Å². The monoisotopic (exact) mass is 361 g/mol. The lowest BCUT2D eigenvalue weighted by atomic mass is 10.0. The number of anilines is 2. The van der Waals surface area contributed by atoms with E-state index in [-0.39, 0.29) is 31.0 Å². The first-order chi connectivity index (χ1) is 12.5. The second-order valence-corrected chi connectivity index (χ2v) is 6.09. The molecule has 8 heteroatoms. The molecule has 1 aromatic carbocycles. The molecule has 3 rings (SSSR count). The van der Waals surface area contributed by atoms with Crippen molar-refractivity contribution in [1.82, 2.24) is 4.98 Å². The fourth-order valence-corrected chi connectivity index (χ4v) is 2.89. The zero-order valence-corrected chi connectivity index (χ0v) is 14.3. The summed E-state index contributed by atoms with van der Waals surface area (Å²) in [6.45, 7) is 2.19. The Balaban J connectivity index is 2.02. The van der Waals surface area contributed by atoms with E-state index >= 15 is 0 Å². The minimum Gasteiger partial charge on any atom is -0.474 e. The third kappa shape index (κ3) is 3.70. The van der Waals surface area contributed by atoms with E-state index in [2.05, 4.69) is 10.3 Å². The van der Waals surface area contributed by atoms with E-state index in [0.29, 0.717) is 24.5 Å². The summed E-state index contributed by atoms with van der Waals surface area (Å²) in [5.41, 5.74) is 1.96. The third-order valence-corrected chi connectivity index (χ3v) is 4.13. The second-order valence-electron chi connectivity index (χ2n) is 6.09. The molecule has 3 N–H and O–H groups in total. The van der Waals surface area contributed by atoms with Crippen LogP contribution in [0.1, 0.15) is 18.1 Å². The summed E-state index contributed by atoms with van der Waals surface area (Å²) in [6.07, 6.45) is -0.650. The molecule has 1 aliphatic rings. The van der Waals surface area contributed by atoms with Crippen LogP contribution >= 0.6 is 0 Å². The lowest BCUT2D eigenvalue weighted by molar-refractivity contribution is 0.188. The lowest BCUT2D eigenvalue weighted by Crippen LogP contribution is -2.44. The smallest absolute Gasteiger partial charge is 0.412 e. The molecule has 0 aliphatic carbocycles. The number of nitrogens with one attached hydrogen (secondary N) is 1. The van der Waals surface area contributed by atoms with Crippen LogP contribution in [-0.2, 0) is 6.42 Å². The molecule has 7 nitrogen and oxygen atoms in total. The fourth-order valence-electron chi connectivity index (χ4n) is 2.89. The van der Waals surface area contributed by atoms with E-state index in [4.69, 9.17) is 9.84 Å². The van der Waals surface area contributed by atoms with E-state index in [1.54, 1.807) is 25.1 Å². The van der Waals surface area contributed by atoms with Crippen molar-refractivity contribution in [1.29, 1.82) is 0 Å². The summed E-state index contributed by atoms with van der Waals surface area (Å²) in [7, 11) is 0. The molecule has 1 atom stereocenters. The van der Waals surface area contributed by atoms with Crippen molar-refractivity contribution in [2.24, 2.45) is 0 Å². The molecule has 26 heavy (non-hydrogen) atoms. The maximum atomic E-state index is 13.1. The summed E-state index contributed by atoms with van der Waals surface area (Å²) in [5.74, 6) is 0.408. The first-order valence-electron chi connectivity index (χ1n) is 8.27. The minimum absolute atomic E-state index is 0.0755. The van der Waals surface area contributed by atoms with Crippen LogP contribution in [0.5, 0.6) is 5.88 Å². The molecule has 138 valence electrons. The van der Waals surface area contributed by atoms with Gasteiger partial charge in [0.25, 0.3) is 0 Å². The Hall–Kier alpha value is -2.87. The molecule has 1 amide bonds. The highest BCUT2D eigenvalue weighted by Crippen LogP contribution is 2.36. The van der Waals surface area contributed by atoms with Crippen molar-refractivity contribution in [3.05, 3.63) is 47.3 Å². The first kappa shape index (κ1) is 17.9. The molecule has 0 unspecified atom stereocenters. The lowest BCUT2D eigenvalue weighted by Gasteiger charge is -2.33. The number of fused-ring (bicyclic) bond motifs is 1. The summed E-state index contributed by atoms with van der Waals surface area (Å²) in [6, 6.07) is 7.46. The van der Waals surface area contributed by atoms with Gasteiger partial charge in [0.15, 0.2) is 0 Å². The highest BCUT2D eigenvalue weighted by molar-refractivity contribution is 5.89. The van der Waals surface area contributed by atoms with Crippen molar-refractivity contribution in [3.63, 3.8) is 0 Å². The average Bonchev–Trinajstić information content (AvgIpc) is 2.61. The number of halogens is 1. The van der Waals surface area contributed by atoms with Gasteiger partial charge in [-0.3, -0.25) is 4.90 Å². The molecule has 0 saturated carbocycles. The van der Waals surface area contributed by atoms with Crippen LogP contribution in [0.15, 0.2) is 30.3 Å². The molecule has 2 aromatic rings. The number of aliphatic hydroxyl groups excluding tert-OH is 1. The first-order valence-corrected chi connectivity index (χ1v) is 8.27. The topological polar surface area (TPSA) is 94.9 Å². The Morgan fingerprint density at radius 2 is 2.15 bits per heavy atom. The molecule has 0 spiro atoms. The normalized spacial score (nSPS) is 16.0. The van der Waals surface area contributed by atoms with Gasteiger partial charge < -0.3 is 20.3 Å². The molecule has 1 aliphatic heterocycles. The number of aliphatic hydroxyl groups is 1. The Labute approximate surface area is 150 Å². The number of carbonyl (C=O) groups is 1. The van der Waals surface area contributed by atoms with Crippen LogP contribution in [0.25, 0.3) is 0 Å². The van der Waals surface area contributed by atoms with Crippen LogP contribution in [0, 0.1) is 5.82 Å². The number of amides is 1. The maximum absolute atomic E-state index is 13.1. The predicted octanol–water partition coefficient (Wildman–Crippen LogP) is 2.48. The highest BCUT2D eigenvalue weighted by atomic mass is 19.1.